The Morgan fingerprint density at radius 2 is 1.94 bits per heavy atom. The van der Waals surface area contributed by atoms with Gasteiger partial charge in [-0.15, -0.1) is 10.2 Å². The first-order valence-corrected chi connectivity index (χ1v) is 12.0. The molecule has 4 rings (SSSR count). The molecule has 3 aromatic rings. The zero-order chi connectivity index (χ0) is 24.2. The normalized spacial score (nSPS) is 15.6. The Balaban J connectivity index is 1.57. The van der Waals surface area contributed by atoms with Crippen molar-refractivity contribution in [3.8, 4) is 5.69 Å². The Morgan fingerprint density at radius 1 is 1.18 bits per heavy atom. The van der Waals surface area contributed by atoms with Crippen LogP contribution in [0.1, 0.15) is 23.4 Å². The van der Waals surface area contributed by atoms with Crippen molar-refractivity contribution in [2.45, 2.75) is 37.9 Å². The number of carbonyl (C=O) groups is 3. The number of nitrogens with zero attached hydrogens (tertiary/aromatic N) is 3. The highest BCUT2D eigenvalue weighted by Gasteiger charge is 2.27. The molecule has 1 fully saturated rings. The second kappa shape index (κ2) is 10.3. The minimum atomic E-state index is -0.521. The van der Waals surface area contributed by atoms with Crippen molar-refractivity contribution < 1.29 is 14.4 Å². The molecule has 0 spiro atoms. The summed E-state index contributed by atoms with van der Waals surface area (Å²) in [5.41, 5.74) is 3.59. The number of benzene rings is 2. The lowest BCUT2D eigenvalue weighted by Crippen LogP contribution is -2.53. The lowest BCUT2D eigenvalue weighted by Gasteiger charge is -2.23. The first-order chi connectivity index (χ1) is 16.3. The number of anilines is 1. The molecule has 9 nitrogen and oxygen atoms in total. The molecule has 1 atom stereocenters. The van der Waals surface area contributed by atoms with E-state index in [1.807, 2.05) is 36.6 Å². The number of halogens is 1. The summed E-state index contributed by atoms with van der Waals surface area (Å²) in [7, 11) is 0. The summed E-state index contributed by atoms with van der Waals surface area (Å²) >= 11 is 7.15. The Morgan fingerprint density at radius 3 is 2.68 bits per heavy atom. The van der Waals surface area contributed by atoms with Gasteiger partial charge in [0.05, 0.1) is 11.4 Å². The summed E-state index contributed by atoms with van der Waals surface area (Å²) in [5.74, 6) is 0.184. The highest BCUT2D eigenvalue weighted by molar-refractivity contribution is 7.99. The van der Waals surface area contributed by atoms with E-state index in [0.29, 0.717) is 28.1 Å². The molecule has 0 bridgehead atoms. The number of nitrogens with one attached hydrogen (secondary N) is 3. The van der Waals surface area contributed by atoms with Crippen LogP contribution in [0.4, 0.5) is 10.5 Å². The van der Waals surface area contributed by atoms with Crippen molar-refractivity contribution in [1.82, 2.24) is 25.4 Å². The second-order valence-electron chi connectivity index (χ2n) is 7.99. The van der Waals surface area contributed by atoms with E-state index < -0.39 is 12.1 Å². The molecule has 0 radical (unpaired) electrons. The van der Waals surface area contributed by atoms with Crippen LogP contribution in [0.2, 0.25) is 5.02 Å². The Hall–Kier alpha value is -3.37. The van der Waals surface area contributed by atoms with Gasteiger partial charge in [0, 0.05) is 29.6 Å². The van der Waals surface area contributed by atoms with E-state index in [2.05, 4.69) is 26.1 Å². The number of hydrogen-bond donors (Lipinski definition) is 3. The van der Waals surface area contributed by atoms with E-state index in [4.69, 9.17) is 11.6 Å². The van der Waals surface area contributed by atoms with E-state index in [1.165, 1.54) is 11.8 Å². The lowest BCUT2D eigenvalue weighted by molar-refractivity contribution is -0.121. The third-order valence-corrected chi connectivity index (χ3v) is 6.40. The minimum Gasteiger partial charge on any atom is -0.334 e. The van der Waals surface area contributed by atoms with Crippen molar-refractivity contribution in [2.24, 2.45) is 0 Å². The van der Waals surface area contributed by atoms with Crippen LogP contribution in [0.25, 0.3) is 5.69 Å². The van der Waals surface area contributed by atoms with Gasteiger partial charge >= 0.3 is 6.03 Å². The lowest BCUT2D eigenvalue weighted by atomic mass is 10.1. The zero-order valence-corrected chi connectivity index (χ0v) is 20.2. The molecule has 0 saturated carbocycles. The van der Waals surface area contributed by atoms with Crippen LogP contribution >= 0.6 is 23.4 Å². The van der Waals surface area contributed by atoms with Crippen LogP contribution < -0.4 is 16.0 Å². The van der Waals surface area contributed by atoms with Gasteiger partial charge in [0.2, 0.25) is 11.8 Å². The molecule has 11 heteroatoms. The maximum absolute atomic E-state index is 12.5. The maximum atomic E-state index is 12.5. The molecule has 2 heterocycles. The average molecular weight is 499 g/mol. The largest absolute Gasteiger partial charge is 0.334 e. The van der Waals surface area contributed by atoms with E-state index in [0.717, 1.165) is 16.8 Å². The van der Waals surface area contributed by atoms with Crippen LogP contribution in [-0.2, 0) is 16.0 Å². The van der Waals surface area contributed by atoms with Crippen LogP contribution in [-0.4, -0.2) is 44.4 Å². The summed E-state index contributed by atoms with van der Waals surface area (Å²) in [6.45, 7) is 3.97. The summed E-state index contributed by atoms with van der Waals surface area (Å²) in [6, 6.07) is 12.0. The fraction of sp³-hybridized carbons (Fsp3) is 0.261. The molecule has 1 aliphatic rings. The second-order valence-corrected chi connectivity index (χ2v) is 9.37. The number of aromatic nitrogens is 3. The highest BCUT2D eigenvalue weighted by atomic mass is 35.5. The molecule has 4 amide bonds. The smallest absolute Gasteiger partial charge is 0.321 e. The molecule has 3 N–H and O–H groups in total. The number of amides is 4. The number of carbonyl (C=O) groups excluding carboxylic acids is 3. The van der Waals surface area contributed by atoms with E-state index in [9.17, 15) is 14.4 Å². The topological polar surface area (TPSA) is 118 Å². The molecular weight excluding hydrogens is 476 g/mol. The maximum Gasteiger partial charge on any atom is 0.321 e. The fourth-order valence-corrected chi connectivity index (χ4v) is 4.50. The Labute approximate surface area is 205 Å². The highest BCUT2D eigenvalue weighted by Crippen LogP contribution is 2.26. The van der Waals surface area contributed by atoms with Gasteiger partial charge in [-0.2, -0.15) is 0 Å². The standard InChI is InChI=1S/C23H23ClN6O3S/c1-13-3-4-14(2)18(9-13)30-19(10-17-11-20(31)27-22(33)26-17)28-29-23(30)34-12-21(32)25-16-7-5-15(24)6-8-16/h3-9,17H,10-12H2,1-2H3,(H,25,32)(H2,26,27,31,33). The minimum absolute atomic E-state index is 0.119. The van der Waals surface area contributed by atoms with Crippen LogP contribution in [0.5, 0.6) is 0 Å². The van der Waals surface area contributed by atoms with E-state index in [1.54, 1.807) is 24.3 Å². The third-order valence-electron chi connectivity index (χ3n) is 5.22. The molecule has 34 heavy (non-hydrogen) atoms. The SMILES string of the molecule is Cc1ccc(C)c(-n2c(CC3CC(=O)NC(=O)N3)nnc2SCC(=O)Nc2ccc(Cl)cc2)c1. The molecule has 2 aromatic carbocycles. The molecular formula is C23H23ClN6O3S. The number of thioether (sulfide) groups is 1. The monoisotopic (exact) mass is 498 g/mol. The van der Waals surface area contributed by atoms with E-state index in [-0.39, 0.29) is 24.0 Å². The van der Waals surface area contributed by atoms with Crippen LogP contribution in [0.3, 0.4) is 0 Å². The van der Waals surface area contributed by atoms with Gasteiger partial charge in [0.1, 0.15) is 5.82 Å². The zero-order valence-electron chi connectivity index (χ0n) is 18.6. The van der Waals surface area contributed by atoms with Gasteiger partial charge in [0.25, 0.3) is 0 Å². The summed E-state index contributed by atoms with van der Waals surface area (Å²) in [5, 5.41) is 17.6. The van der Waals surface area contributed by atoms with Crippen molar-refractivity contribution in [3.63, 3.8) is 0 Å². The number of rotatable bonds is 7. The van der Waals surface area contributed by atoms with E-state index >= 15 is 0 Å². The number of imide groups is 1. The van der Waals surface area contributed by atoms with Crippen LogP contribution in [0, 0.1) is 13.8 Å². The van der Waals surface area contributed by atoms with Gasteiger partial charge in [-0.1, -0.05) is 35.5 Å². The quantitative estimate of drug-likeness (QED) is 0.430. The average Bonchev–Trinajstić information content (AvgIpc) is 3.17. The molecule has 1 aromatic heterocycles. The first kappa shape index (κ1) is 23.8. The molecule has 1 saturated heterocycles. The predicted octanol–water partition coefficient (Wildman–Crippen LogP) is 3.41. The van der Waals surface area contributed by atoms with Crippen molar-refractivity contribution >= 4 is 46.9 Å². The number of urea groups is 1. The first-order valence-electron chi connectivity index (χ1n) is 10.6. The van der Waals surface area contributed by atoms with Crippen LogP contribution in [0.15, 0.2) is 47.6 Å². The Kier molecular flexibility index (Phi) is 7.18. The molecule has 1 unspecified atom stereocenters. The molecule has 1 aliphatic heterocycles. The summed E-state index contributed by atoms with van der Waals surface area (Å²) < 4.78 is 1.89. The summed E-state index contributed by atoms with van der Waals surface area (Å²) in [4.78, 5) is 36.1. The molecule has 176 valence electrons. The number of hydrogen-bond acceptors (Lipinski definition) is 6. The van der Waals surface area contributed by atoms with Gasteiger partial charge in [-0.25, -0.2) is 4.79 Å². The molecule has 0 aliphatic carbocycles. The third kappa shape index (κ3) is 5.75. The van der Waals surface area contributed by atoms with Gasteiger partial charge in [0.15, 0.2) is 5.16 Å². The fourth-order valence-electron chi connectivity index (χ4n) is 3.61. The van der Waals surface area contributed by atoms with Crippen molar-refractivity contribution in [3.05, 3.63) is 64.4 Å². The van der Waals surface area contributed by atoms with Gasteiger partial charge in [-0.3, -0.25) is 19.5 Å². The van der Waals surface area contributed by atoms with Crippen molar-refractivity contribution in [2.75, 3.05) is 11.1 Å². The predicted molar refractivity (Wildman–Crippen MR) is 130 cm³/mol. The number of aryl methyl sites for hydroxylation is 2. The van der Waals surface area contributed by atoms with Crippen molar-refractivity contribution in [1.29, 1.82) is 0 Å². The van der Waals surface area contributed by atoms with Gasteiger partial charge in [-0.05, 0) is 55.3 Å². The van der Waals surface area contributed by atoms with Gasteiger partial charge < -0.3 is 10.6 Å². The summed E-state index contributed by atoms with van der Waals surface area (Å²) in [6.07, 6.45) is 0.467. The Bertz CT molecular complexity index is 1230.